The van der Waals surface area contributed by atoms with Gasteiger partial charge in [0, 0.05) is 0 Å². The molecule has 0 saturated carbocycles. The van der Waals surface area contributed by atoms with E-state index in [9.17, 15) is 10.2 Å². The maximum absolute atomic E-state index is 12.7. The fraction of sp³-hybridized carbons (Fsp3) is 1.00. The average Bonchev–Trinajstić information content (AvgIpc) is 3.01. The van der Waals surface area contributed by atoms with E-state index in [1.165, 1.54) is 128 Å². The van der Waals surface area contributed by atoms with Crippen molar-refractivity contribution in [2.24, 2.45) is 0 Å². The van der Waals surface area contributed by atoms with Gasteiger partial charge >= 0.3 is 0 Å². The number of rotatable bonds is 36. The van der Waals surface area contributed by atoms with Crippen LogP contribution in [0.25, 0.3) is 0 Å². The molecule has 0 heterocycles. The van der Waals surface area contributed by atoms with Crippen molar-refractivity contribution < 1.29 is 14.9 Å². The normalized spacial score (nSPS) is 12.4. The van der Waals surface area contributed by atoms with Gasteiger partial charge in [-0.05, 0) is 74.4 Å². The highest BCUT2D eigenvalue weighted by Crippen LogP contribution is 2.43. The zero-order chi connectivity index (χ0) is 31.7. The van der Waals surface area contributed by atoms with Crippen LogP contribution in [0.4, 0.5) is 0 Å². The Labute approximate surface area is 291 Å². The summed E-state index contributed by atoms with van der Waals surface area (Å²) in [6, 6.07) is 0. The Morgan fingerprint density at radius 1 is 0.372 bits per heavy atom. The third-order valence-corrected chi connectivity index (χ3v) is 10.6. The summed E-state index contributed by atoms with van der Waals surface area (Å²) in [5.41, 5.74) is -1.40. The molecule has 0 radical (unpaired) electrons. The highest BCUT2D eigenvalue weighted by atomic mass is 32.1. The molecule has 3 nitrogen and oxygen atoms in total. The van der Waals surface area contributed by atoms with Crippen LogP contribution in [-0.4, -0.2) is 57.6 Å². The summed E-state index contributed by atoms with van der Waals surface area (Å²) in [4.78, 5) is 0. The molecule has 260 valence electrons. The molecular formula is C36H74O3S4. The summed E-state index contributed by atoms with van der Waals surface area (Å²) in [6.45, 7) is 0.335. The van der Waals surface area contributed by atoms with Gasteiger partial charge in [0.05, 0.1) is 24.4 Å². The summed E-state index contributed by atoms with van der Waals surface area (Å²) in [6.07, 6.45) is 32.3. The Hall–Kier alpha value is 1.28. The number of aliphatic hydroxyl groups excluding tert-OH is 1. The van der Waals surface area contributed by atoms with Crippen molar-refractivity contribution in [3.63, 3.8) is 0 Å². The molecule has 0 aliphatic heterocycles. The first kappa shape index (κ1) is 44.3. The molecule has 0 bridgehead atoms. The van der Waals surface area contributed by atoms with Crippen molar-refractivity contribution in [3.05, 3.63) is 0 Å². The standard InChI is InChI=1S/C36H74O3S4/c37-29-30-39-36(27-19-11-3-7-15-23-33-42,28-20-12-4-8-16-24-34-43)35(38,25-17-9-1-5-13-21-31-40)26-18-10-2-6-14-22-32-41/h37-38,40-43H,1-34H2. The first-order chi connectivity index (χ1) is 21.1. The van der Waals surface area contributed by atoms with E-state index in [4.69, 9.17) is 4.74 Å². The molecule has 0 aromatic carbocycles. The molecule has 0 aliphatic carbocycles. The third kappa shape index (κ3) is 24.1. The van der Waals surface area contributed by atoms with Gasteiger partial charge in [-0.25, -0.2) is 0 Å². The van der Waals surface area contributed by atoms with Gasteiger partial charge in [-0.15, -0.1) is 0 Å². The lowest BCUT2D eigenvalue weighted by Gasteiger charge is -2.48. The molecule has 0 fully saturated rings. The van der Waals surface area contributed by atoms with Crippen LogP contribution < -0.4 is 0 Å². The first-order valence-corrected chi connectivity index (χ1v) is 21.0. The van der Waals surface area contributed by atoms with Crippen molar-refractivity contribution >= 4 is 50.5 Å². The molecule has 0 aliphatic rings. The molecule has 0 rings (SSSR count). The topological polar surface area (TPSA) is 49.7 Å². The lowest BCUT2D eigenvalue weighted by molar-refractivity contribution is -0.205. The number of thiol groups is 4. The second-order valence-electron chi connectivity index (χ2n) is 13.0. The lowest BCUT2D eigenvalue weighted by atomic mass is 9.70. The Kier molecular flexibility index (Phi) is 34.2. The van der Waals surface area contributed by atoms with Crippen LogP contribution in [0, 0.1) is 0 Å². The van der Waals surface area contributed by atoms with Crippen LogP contribution in [0.2, 0.25) is 0 Å². The Morgan fingerprint density at radius 2 is 0.628 bits per heavy atom. The van der Waals surface area contributed by atoms with Crippen LogP contribution in [0.15, 0.2) is 0 Å². The second kappa shape index (κ2) is 33.2. The number of hydrogen-bond donors (Lipinski definition) is 6. The molecule has 0 amide bonds. The van der Waals surface area contributed by atoms with E-state index in [0.29, 0.717) is 6.61 Å². The summed E-state index contributed by atoms with van der Waals surface area (Å²) in [5, 5.41) is 22.6. The van der Waals surface area contributed by atoms with Gasteiger partial charge in [-0.2, -0.15) is 50.5 Å². The fourth-order valence-corrected chi connectivity index (χ4v) is 7.52. The molecule has 0 aromatic rings. The van der Waals surface area contributed by atoms with Crippen molar-refractivity contribution in [3.8, 4) is 0 Å². The largest absolute Gasteiger partial charge is 0.394 e. The van der Waals surface area contributed by atoms with Crippen LogP contribution in [0.1, 0.15) is 180 Å². The van der Waals surface area contributed by atoms with E-state index in [2.05, 4.69) is 50.5 Å². The van der Waals surface area contributed by atoms with Gasteiger partial charge in [0.2, 0.25) is 0 Å². The Morgan fingerprint density at radius 3 is 0.907 bits per heavy atom. The van der Waals surface area contributed by atoms with E-state index in [-0.39, 0.29) is 6.61 Å². The van der Waals surface area contributed by atoms with Crippen LogP contribution in [0.3, 0.4) is 0 Å². The van der Waals surface area contributed by atoms with Gasteiger partial charge in [0.25, 0.3) is 0 Å². The van der Waals surface area contributed by atoms with Gasteiger partial charge in [0.1, 0.15) is 0 Å². The first-order valence-electron chi connectivity index (χ1n) is 18.5. The number of aliphatic hydroxyl groups is 2. The molecule has 0 unspecified atom stereocenters. The number of ether oxygens (including phenoxy) is 1. The predicted octanol–water partition coefficient (Wildman–Crippen LogP) is 11.1. The van der Waals surface area contributed by atoms with Crippen molar-refractivity contribution in [1.29, 1.82) is 0 Å². The summed E-state index contributed by atoms with van der Waals surface area (Å²) < 4.78 is 6.72. The van der Waals surface area contributed by atoms with Crippen molar-refractivity contribution in [1.82, 2.24) is 0 Å². The Bertz CT molecular complexity index is 517. The van der Waals surface area contributed by atoms with Crippen molar-refractivity contribution in [2.75, 3.05) is 36.2 Å². The summed E-state index contributed by atoms with van der Waals surface area (Å²) in [7, 11) is 0. The molecule has 0 spiro atoms. The second-order valence-corrected chi connectivity index (χ2v) is 14.8. The van der Waals surface area contributed by atoms with Gasteiger partial charge in [-0.3, -0.25) is 0 Å². The van der Waals surface area contributed by atoms with E-state index < -0.39 is 11.2 Å². The Balaban J connectivity index is 5.62. The maximum atomic E-state index is 12.7. The van der Waals surface area contributed by atoms with E-state index in [0.717, 1.165) is 74.4 Å². The predicted molar refractivity (Wildman–Crippen MR) is 205 cm³/mol. The molecule has 7 heteroatoms. The van der Waals surface area contributed by atoms with Crippen LogP contribution >= 0.6 is 50.5 Å². The molecule has 0 atom stereocenters. The smallest absolute Gasteiger partial charge is 0.0969 e. The van der Waals surface area contributed by atoms with Crippen LogP contribution in [-0.2, 0) is 4.74 Å². The molecule has 0 aromatic heterocycles. The maximum Gasteiger partial charge on any atom is 0.0969 e. The monoisotopic (exact) mass is 682 g/mol. The van der Waals surface area contributed by atoms with Gasteiger partial charge < -0.3 is 14.9 Å². The molecular weight excluding hydrogens is 609 g/mol. The van der Waals surface area contributed by atoms with E-state index in [1.807, 2.05) is 0 Å². The summed E-state index contributed by atoms with van der Waals surface area (Å²) in [5.74, 6) is 3.90. The zero-order valence-corrected chi connectivity index (χ0v) is 31.7. The van der Waals surface area contributed by atoms with E-state index in [1.54, 1.807) is 0 Å². The SMILES string of the molecule is OCCOC(CCCCCCCCS)(CCCCCCCCS)C(O)(CCCCCCCCS)CCCCCCCCS. The minimum absolute atomic E-state index is 0.0154. The summed E-state index contributed by atoms with van der Waals surface area (Å²) >= 11 is 17.5. The number of hydrogen-bond acceptors (Lipinski definition) is 7. The highest BCUT2D eigenvalue weighted by Gasteiger charge is 2.49. The minimum atomic E-state index is -0.837. The molecule has 43 heavy (non-hydrogen) atoms. The van der Waals surface area contributed by atoms with Crippen molar-refractivity contribution in [2.45, 2.75) is 191 Å². The number of unbranched alkanes of at least 4 members (excludes halogenated alkanes) is 20. The minimum Gasteiger partial charge on any atom is -0.394 e. The average molecular weight is 683 g/mol. The molecule has 0 saturated heterocycles. The highest BCUT2D eigenvalue weighted by molar-refractivity contribution is 7.80. The van der Waals surface area contributed by atoms with Gasteiger partial charge in [-0.1, -0.05) is 128 Å². The van der Waals surface area contributed by atoms with Crippen LogP contribution in [0.5, 0.6) is 0 Å². The zero-order valence-electron chi connectivity index (χ0n) is 28.1. The lowest BCUT2D eigenvalue weighted by Crippen LogP contribution is -2.56. The quantitative estimate of drug-likeness (QED) is 0.0295. The fourth-order valence-electron chi connectivity index (χ4n) is 6.62. The third-order valence-electron chi connectivity index (χ3n) is 9.29. The molecule has 2 N–H and O–H groups in total. The van der Waals surface area contributed by atoms with Gasteiger partial charge in [0.15, 0.2) is 0 Å². The van der Waals surface area contributed by atoms with E-state index >= 15 is 0 Å².